The lowest BCUT2D eigenvalue weighted by molar-refractivity contribution is 0.0950. The molecule has 3 rings (SSSR count). The van der Waals surface area contributed by atoms with Crippen LogP contribution in [0, 0.1) is 12.7 Å². The molecule has 0 saturated carbocycles. The molecule has 1 amide bonds. The van der Waals surface area contributed by atoms with Crippen molar-refractivity contribution < 1.29 is 13.7 Å². The lowest BCUT2D eigenvalue weighted by Crippen LogP contribution is -2.42. The van der Waals surface area contributed by atoms with Gasteiger partial charge in [-0.2, -0.15) is 4.98 Å². The van der Waals surface area contributed by atoms with Crippen molar-refractivity contribution in [2.45, 2.75) is 32.4 Å². The van der Waals surface area contributed by atoms with E-state index in [1.165, 1.54) is 13.1 Å². The highest BCUT2D eigenvalue weighted by Crippen LogP contribution is 2.24. The molecule has 0 radical (unpaired) electrons. The maximum absolute atomic E-state index is 13.2. The summed E-state index contributed by atoms with van der Waals surface area (Å²) in [7, 11) is 1.52. The van der Waals surface area contributed by atoms with Crippen LogP contribution in [0.25, 0.3) is 0 Å². The molecule has 0 aliphatic carbocycles. The van der Waals surface area contributed by atoms with Gasteiger partial charge in [0.25, 0.3) is 11.7 Å². The van der Waals surface area contributed by atoms with Gasteiger partial charge >= 0.3 is 0 Å². The third kappa shape index (κ3) is 4.14. The van der Waals surface area contributed by atoms with E-state index in [0.717, 1.165) is 37.2 Å². The topological polar surface area (TPSA) is 83.3 Å². The van der Waals surface area contributed by atoms with E-state index in [4.69, 9.17) is 4.52 Å². The zero-order chi connectivity index (χ0) is 17.8. The lowest BCUT2D eigenvalue weighted by Gasteiger charge is -2.34. The second-order valence-electron chi connectivity index (χ2n) is 6.16. The summed E-state index contributed by atoms with van der Waals surface area (Å²) in [5.74, 6) is -0.122. The number of carbonyl (C=O) groups excluding carboxylic acids is 1. The SMILES string of the molecule is CNC(=O)c1noc(CNC2CCN(c3ccc(F)cc3C)CC2)n1. The summed E-state index contributed by atoms with van der Waals surface area (Å²) in [5.41, 5.74) is 2.05. The van der Waals surface area contributed by atoms with E-state index >= 15 is 0 Å². The van der Waals surface area contributed by atoms with Gasteiger partial charge in [-0.1, -0.05) is 5.16 Å². The molecule has 2 N–H and O–H groups in total. The minimum absolute atomic E-state index is 0.0425. The van der Waals surface area contributed by atoms with Gasteiger partial charge in [0.2, 0.25) is 5.89 Å². The highest BCUT2D eigenvalue weighted by atomic mass is 19.1. The Morgan fingerprint density at radius 3 is 2.84 bits per heavy atom. The highest BCUT2D eigenvalue weighted by Gasteiger charge is 2.21. The molecule has 0 spiro atoms. The molecule has 0 atom stereocenters. The van der Waals surface area contributed by atoms with Crippen molar-refractivity contribution in [3.05, 3.63) is 41.3 Å². The number of hydrogen-bond donors (Lipinski definition) is 2. The average Bonchev–Trinajstić information content (AvgIpc) is 3.09. The van der Waals surface area contributed by atoms with Crippen molar-refractivity contribution in [2.24, 2.45) is 0 Å². The number of anilines is 1. The normalized spacial score (nSPS) is 15.4. The van der Waals surface area contributed by atoms with E-state index in [-0.39, 0.29) is 17.5 Å². The van der Waals surface area contributed by atoms with Crippen molar-refractivity contribution >= 4 is 11.6 Å². The van der Waals surface area contributed by atoms with Crippen LogP contribution in [0.1, 0.15) is 34.9 Å². The number of benzene rings is 1. The van der Waals surface area contributed by atoms with Crippen molar-refractivity contribution in [3.8, 4) is 0 Å². The maximum atomic E-state index is 13.2. The van der Waals surface area contributed by atoms with Gasteiger partial charge < -0.3 is 20.1 Å². The van der Waals surface area contributed by atoms with E-state index in [2.05, 4.69) is 25.7 Å². The minimum atomic E-state index is -0.363. The Kier molecular flexibility index (Phi) is 5.28. The summed E-state index contributed by atoms with van der Waals surface area (Å²) in [6, 6.07) is 5.26. The number of nitrogens with one attached hydrogen (secondary N) is 2. The first-order valence-electron chi connectivity index (χ1n) is 8.36. The number of hydrogen-bond acceptors (Lipinski definition) is 6. The monoisotopic (exact) mass is 347 g/mol. The predicted molar refractivity (Wildman–Crippen MR) is 90.9 cm³/mol. The third-order valence-corrected chi connectivity index (χ3v) is 4.43. The highest BCUT2D eigenvalue weighted by molar-refractivity contribution is 5.89. The van der Waals surface area contributed by atoms with Gasteiger partial charge in [-0.05, 0) is 43.5 Å². The van der Waals surface area contributed by atoms with E-state index in [1.807, 2.05) is 13.0 Å². The minimum Gasteiger partial charge on any atom is -0.371 e. The zero-order valence-corrected chi connectivity index (χ0v) is 14.4. The molecule has 1 aliphatic heterocycles. The molecule has 1 fully saturated rings. The van der Waals surface area contributed by atoms with Crippen LogP contribution in [0.5, 0.6) is 0 Å². The largest absolute Gasteiger partial charge is 0.371 e. The van der Waals surface area contributed by atoms with E-state index in [0.29, 0.717) is 18.5 Å². The van der Waals surface area contributed by atoms with Crippen molar-refractivity contribution in [1.29, 1.82) is 0 Å². The van der Waals surface area contributed by atoms with Crippen LogP contribution in [-0.2, 0) is 6.54 Å². The fourth-order valence-corrected chi connectivity index (χ4v) is 3.06. The van der Waals surface area contributed by atoms with E-state index < -0.39 is 0 Å². The van der Waals surface area contributed by atoms with Gasteiger partial charge in [0.1, 0.15) is 5.82 Å². The number of halogens is 1. The first kappa shape index (κ1) is 17.3. The average molecular weight is 347 g/mol. The molecule has 2 aromatic rings. The first-order chi connectivity index (χ1) is 12.1. The summed E-state index contributed by atoms with van der Waals surface area (Å²) in [6.45, 7) is 4.17. The molecular weight excluding hydrogens is 325 g/mol. The van der Waals surface area contributed by atoms with Crippen LogP contribution >= 0.6 is 0 Å². The molecular formula is C17H22FN5O2. The number of rotatable bonds is 5. The number of carbonyl (C=O) groups is 1. The molecule has 1 aliphatic rings. The van der Waals surface area contributed by atoms with E-state index in [9.17, 15) is 9.18 Å². The molecule has 1 aromatic carbocycles. The first-order valence-corrected chi connectivity index (χ1v) is 8.36. The Morgan fingerprint density at radius 1 is 1.40 bits per heavy atom. The zero-order valence-electron chi connectivity index (χ0n) is 14.4. The van der Waals surface area contributed by atoms with Gasteiger partial charge in [-0.3, -0.25) is 4.79 Å². The Morgan fingerprint density at radius 2 is 2.16 bits per heavy atom. The summed E-state index contributed by atoms with van der Waals surface area (Å²) in [4.78, 5) is 17.7. The van der Waals surface area contributed by atoms with Crippen LogP contribution in [0.4, 0.5) is 10.1 Å². The number of aromatic nitrogens is 2. The van der Waals surface area contributed by atoms with E-state index in [1.54, 1.807) is 6.07 Å². The fraction of sp³-hybridized carbons (Fsp3) is 0.471. The van der Waals surface area contributed by atoms with Crippen molar-refractivity contribution in [1.82, 2.24) is 20.8 Å². The maximum Gasteiger partial charge on any atom is 0.292 e. The quantitative estimate of drug-likeness (QED) is 0.855. The number of nitrogens with zero attached hydrogens (tertiary/aromatic N) is 3. The molecule has 8 heteroatoms. The molecule has 25 heavy (non-hydrogen) atoms. The van der Waals surface area contributed by atoms with Crippen LogP contribution in [-0.4, -0.2) is 42.2 Å². The summed E-state index contributed by atoms with van der Waals surface area (Å²) < 4.78 is 18.3. The molecule has 7 nitrogen and oxygen atoms in total. The standard InChI is InChI=1S/C17H22FN5O2/c1-11-9-12(18)3-4-14(11)23-7-5-13(6-8-23)20-10-15-21-16(22-25-15)17(24)19-2/h3-4,9,13,20H,5-8,10H2,1-2H3,(H,19,24). The third-order valence-electron chi connectivity index (χ3n) is 4.43. The second-order valence-corrected chi connectivity index (χ2v) is 6.16. The van der Waals surface area contributed by atoms with Crippen LogP contribution in [0.15, 0.2) is 22.7 Å². The number of piperidine rings is 1. The van der Waals surface area contributed by atoms with Crippen molar-refractivity contribution in [2.75, 3.05) is 25.0 Å². The van der Waals surface area contributed by atoms with Gasteiger partial charge in [-0.15, -0.1) is 0 Å². The Hall–Kier alpha value is -2.48. The van der Waals surface area contributed by atoms with Crippen LogP contribution < -0.4 is 15.5 Å². The van der Waals surface area contributed by atoms with Gasteiger partial charge in [0.15, 0.2) is 0 Å². The number of amides is 1. The Bertz CT molecular complexity index is 740. The molecule has 134 valence electrons. The van der Waals surface area contributed by atoms with Crippen molar-refractivity contribution in [3.63, 3.8) is 0 Å². The molecule has 2 heterocycles. The number of aryl methyl sites for hydroxylation is 1. The molecule has 1 saturated heterocycles. The Labute approximate surface area is 145 Å². The predicted octanol–water partition coefficient (Wildman–Crippen LogP) is 1.64. The van der Waals surface area contributed by atoms with Crippen LogP contribution in [0.3, 0.4) is 0 Å². The smallest absolute Gasteiger partial charge is 0.292 e. The second kappa shape index (κ2) is 7.60. The lowest BCUT2D eigenvalue weighted by atomic mass is 10.0. The summed E-state index contributed by atoms with van der Waals surface area (Å²) in [6.07, 6.45) is 1.93. The van der Waals surface area contributed by atoms with Gasteiger partial charge in [0, 0.05) is 31.9 Å². The molecule has 1 aromatic heterocycles. The molecule has 0 bridgehead atoms. The molecule has 0 unspecified atom stereocenters. The van der Waals surface area contributed by atoms with Crippen LogP contribution in [0.2, 0.25) is 0 Å². The van der Waals surface area contributed by atoms with Gasteiger partial charge in [-0.25, -0.2) is 4.39 Å². The Balaban J connectivity index is 1.49. The fourth-order valence-electron chi connectivity index (χ4n) is 3.06. The summed E-state index contributed by atoms with van der Waals surface area (Å²) in [5, 5.41) is 9.49. The van der Waals surface area contributed by atoms with Gasteiger partial charge in [0.05, 0.1) is 6.54 Å². The summed E-state index contributed by atoms with van der Waals surface area (Å²) >= 11 is 0.